The zero-order chi connectivity index (χ0) is 15.1. The average molecular weight is 302 g/mol. The highest BCUT2D eigenvalue weighted by Crippen LogP contribution is 2.18. The number of carboxylic acids is 1. The number of nitrogens with one attached hydrogen (secondary N) is 1. The third-order valence-corrected chi connectivity index (χ3v) is 3.28. The number of rotatable bonds is 7. The topological polar surface area (TPSA) is 66.4 Å². The normalized spacial score (nSPS) is 11.9. The van der Waals surface area contributed by atoms with Gasteiger partial charge in [-0.3, -0.25) is 9.59 Å². The van der Waals surface area contributed by atoms with Crippen LogP contribution in [0.3, 0.4) is 0 Å². The van der Waals surface area contributed by atoms with Crippen molar-refractivity contribution < 1.29 is 19.1 Å². The van der Waals surface area contributed by atoms with E-state index in [4.69, 9.17) is 16.7 Å². The molecule has 1 unspecified atom stereocenters. The molecule has 0 aromatic heterocycles. The number of amides is 1. The summed E-state index contributed by atoms with van der Waals surface area (Å²) in [5, 5.41) is 11.2. The van der Waals surface area contributed by atoms with E-state index in [0.29, 0.717) is 19.4 Å². The fourth-order valence-corrected chi connectivity index (χ4v) is 2.00. The van der Waals surface area contributed by atoms with Crippen LogP contribution in [0.2, 0.25) is 5.02 Å². The molecular formula is C14H17ClFNO3. The van der Waals surface area contributed by atoms with Crippen molar-refractivity contribution in [2.45, 2.75) is 26.2 Å². The van der Waals surface area contributed by atoms with Crippen LogP contribution in [0, 0.1) is 11.7 Å². The Bertz CT molecular complexity index is 473. The molecule has 6 heteroatoms. The van der Waals surface area contributed by atoms with Crippen molar-refractivity contribution in [1.82, 2.24) is 5.32 Å². The average Bonchev–Trinajstić information content (AvgIpc) is 2.36. The predicted octanol–water partition coefficient (Wildman–Crippen LogP) is 3.10. The van der Waals surface area contributed by atoms with E-state index in [9.17, 15) is 14.0 Å². The minimum absolute atomic E-state index is 0.0708. The highest BCUT2D eigenvalue weighted by Gasteiger charge is 2.15. The molecule has 0 spiro atoms. The van der Waals surface area contributed by atoms with E-state index in [1.165, 1.54) is 18.2 Å². The molecule has 0 radical (unpaired) electrons. The van der Waals surface area contributed by atoms with Crippen LogP contribution in [0.15, 0.2) is 18.2 Å². The summed E-state index contributed by atoms with van der Waals surface area (Å²) in [4.78, 5) is 22.2. The standard InChI is InChI=1S/C14H17ClFNO3/c1-9(5-6-12(18)19)7-8-17-14(20)13-10(15)3-2-4-11(13)16/h2-4,9H,5-8H2,1H3,(H,17,20)(H,18,19). The van der Waals surface area contributed by atoms with E-state index < -0.39 is 17.7 Å². The molecule has 1 atom stereocenters. The molecule has 0 saturated carbocycles. The zero-order valence-corrected chi connectivity index (χ0v) is 11.9. The zero-order valence-electron chi connectivity index (χ0n) is 11.2. The van der Waals surface area contributed by atoms with Gasteiger partial charge in [0.1, 0.15) is 5.82 Å². The monoisotopic (exact) mass is 301 g/mol. The minimum Gasteiger partial charge on any atom is -0.481 e. The number of carbonyl (C=O) groups is 2. The van der Waals surface area contributed by atoms with Crippen molar-refractivity contribution in [1.29, 1.82) is 0 Å². The van der Waals surface area contributed by atoms with E-state index in [0.717, 1.165) is 0 Å². The largest absolute Gasteiger partial charge is 0.481 e. The van der Waals surface area contributed by atoms with Gasteiger partial charge in [-0.25, -0.2) is 4.39 Å². The molecule has 0 aliphatic carbocycles. The van der Waals surface area contributed by atoms with E-state index in [2.05, 4.69) is 5.32 Å². The van der Waals surface area contributed by atoms with Crippen LogP contribution in [0.4, 0.5) is 4.39 Å². The second-order valence-corrected chi connectivity index (χ2v) is 5.09. The lowest BCUT2D eigenvalue weighted by atomic mass is 10.0. The molecule has 0 saturated heterocycles. The van der Waals surface area contributed by atoms with Crippen LogP contribution in [-0.2, 0) is 4.79 Å². The summed E-state index contributed by atoms with van der Waals surface area (Å²) < 4.78 is 13.5. The Hall–Kier alpha value is -1.62. The number of benzene rings is 1. The maximum atomic E-state index is 13.5. The van der Waals surface area contributed by atoms with Gasteiger partial charge in [-0.05, 0) is 30.9 Å². The lowest BCUT2D eigenvalue weighted by Gasteiger charge is -2.11. The molecule has 0 fully saturated rings. The van der Waals surface area contributed by atoms with Gasteiger partial charge in [0.15, 0.2) is 0 Å². The second-order valence-electron chi connectivity index (χ2n) is 4.68. The molecule has 0 aliphatic rings. The number of aliphatic carboxylic acids is 1. The molecule has 1 aromatic rings. The van der Waals surface area contributed by atoms with Crippen LogP contribution in [-0.4, -0.2) is 23.5 Å². The first-order valence-corrected chi connectivity index (χ1v) is 6.73. The van der Waals surface area contributed by atoms with Gasteiger partial charge in [-0.1, -0.05) is 24.6 Å². The molecule has 0 heterocycles. The summed E-state index contributed by atoms with van der Waals surface area (Å²) in [5.74, 6) is -1.88. The van der Waals surface area contributed by atoms with E-state index in [-0.39, 0.29) is 22.9 Å². The number of hydrogen-bond donors (Lipinski definition) is 2. The highest BCUT2D eigenvalue weighted by atomic mass is 35.5. The fraction of sp³-hybridized carbons (Fsp3) is 0.429. The van der Waals surface area contributed by atoms with E-state index in [1.807, 2.05) is 6.92 Å². The smallest absolute Gasteiger partial charge is 0.303 e. The molecule has 20 heavy (non-hydrogen) atoms. The maximum Gasteiger partial charge on any atom is 0.303 e. The summed E-state index contributed by atoms with van der Waals surface area (Å²) in [7, 11) is 0. The Morgan fingerprint density at radius 2 is 2.10 bits per heavy atom. The van der Waals surface area contributed by atoms with Crippen molar-refractivity contribution >= 4 is 23.5 Å². The number of halogens is 2. The van der Waals surface area contributed by atoms with Gasteiger partial charge < -0.3 is 10.4 Å². The van der Waals surface area contributed by atoms with Crippen LogP contribution >= 0.6 is 11.6 Å². The van der Waals surface area contributed by atoms with Gasteiger partial charge in [-0.15, -0.1) is 0 Å². The number of carbonyl (C=O) groups excluding carboxylic acids is 1. The van der Waals surface area contributed by atoms with Crippen molar-refractivity contribution in [3.8, 4) is 0 Å². The first-order valence-electron chi connectivity index (χ1n) is 6.35. The summed E-state index contributed by atoms with van der Waals surface area (Å²) >= 11 is 5.78. The summed E-state index contributed by atoms with van der Waals surface area (Å²) in [6.45, 7) is 2.26. The Kier molecular flexibility index (Phi) is 6.45. The van der Waals surface area contributed by atoms with E-state index >= 15 is 0 Å². The third kappa shape index (κ3) is 5.17. The number of hydrogen-bond acceptors (Lipinski definition) is 2. The van der Waals surface area contributed by atoms with Crippen molar-refractivity contribution in [2.75, 3.05) is 6.54 Å². The predicted molar refractivity (Wildman–Crippen MR) is 74.4 cm³/mol. The summed E-state index contributed by atoms with van der Waals surface area (Å²) in [6, 6.07) is 4.06. The maximum absolute atomic E-state index is 13.5. The van der Waals surface area contributed by atoms with Gasteiger partial charge in [-0.2, -0.15) is 0 Å². The van der Waals surface area contributed by atoms with Crippen molar-refractivity contribution in [3.63, 3.8) is 0 Å². The Morgan fingerprint density at radius 1 is 1.40 bits per heavy atom. The lowest BCUT2D eigenvalue weighted by molar-refractivity contribution is -0.137. The molecule has 1 rings (SSSR count). The molecule has 1 aromatic carbocycles. The van der Waals surface area contributed by atoms with Crippen LogP contribution < -0.4 is 5.32 Å². The van der Waals surface area contributed by atoms with Gasteiger partial charge in [0, 0.05) is 13.0 Å². The Labute approximate surface area is 121 Å². The fourth-order valence-electron chi connectivity index (χ4n) is 1.75. The molecule has 0 aliphatic heterocycles. The summed E-state index contributed by atoms with van der Waals surface area (Å²) in [5.41, 5.74) is -0.160. The lowest BCUT2D eigenvalue weighted by Crippen LogP contribution is -2.26. The van der Waals surface area contributed by atoms with Crippen LogP contribution in [0.5, 0.6) is 0 Å². The molecule has 2 N–H and O–H groups in total. The summed E-state index contributed by atoms with van der Waals surface area (Å²) in [6.07, 6.45) is 1.28. The van der Waals surface area contributed by atoms with Gasteiger partial charge in [0.2, 0.25) is 0 Å². The highest BCUT2D eigenvalue weighted by molar-refractivity contribution is 6.33. The second kappa shape index (κ2) is 7.85. The van der Waals surface area contributed by atoms with E-state index in [1.54, 1.807) is 0 Å². The molecular weight excluding hydrogens is 285 g/mol. The molecule has 0 bridgehead atoms. The minimum atomic E-state index is -0.834. The molecule has 110 valence electrons. The van der Waals surface area contributed by atoms with Crippen LogP contribution in [0.1, 0.15) is 36.5 Å². The Balaban J connectivity index is 2.42. The van der Waals surface area contributed by atoms with Crippen molar-refractivity contribution in [2.24, 2.45) is 5.92 Å². The van der Waals surface area contributed by atoms with Crippen LogP contribution in [0.25, 0.3) is 0 Å². The van der Waals surface area contributed by atoms with Gasteiger partial charge >= 0.3 is 5.97 Å². The first-order chi connectivity index (χ1) is 9.41. The molecule has 1 amide bonds. The number of carboxylic acid groups (broad SMARTS) is 1. The van der Waals surface area contributed by atoms with Gasteiger partial charge in [0.05, 0.1) is 10.6 Å². The third-order valence-electron chi connectivity index (χ3n) is 2.96. The first kappa shape index (κ1) is 16.4. The SMILES string of the molecule is CC(CCNC(=O)c1c(F)cccc1Cl)CCC(=O)O. The Morgan fingerprint density at radius 3 is 2.70 bits per heavy atom. The van der Waals surface area contributed by atoms with Crippen molar-refractivity contribution in [3.05, 3.63) is 34.6 Å². The molecule has 4 nitrogen and oxygen atoms in total. The van der Waals surface area contributed by atoms with Gasteiger partial charge in [0.25, 0.3) is 5.91 Å². The quantitative estimate of drug-likeness (QED) is 0.813.